The van der Waals surface area contributed by atoms with Crippen molar-refractivity contribution in [2.45, 2.75) is 6.92 Å². The van der Waals surface area contributed by atoms with Crippen molar-refractivity contribution in [3.05, 3.63) is 68.7 Å². The third-order valence-corrected chi connectivity index (χ3v) is 3.72. The van der Waals surface area contributed by atoms with Gasteiger partial charge in [0, 0.05) is 10.6 Å². The highest BCUT2D eigenvalue weighted by molar-refractivity contribution is 6.42. The van der Waals surface area contributed by atoms with Gasteiger partial charge in [0.2, 0.25) is 0 Å². The van der Waals surface area contributed by atoms with E-state index >= 15 is 0 Å². The predicted molar refractivity (Wildman–Crippen MR) is 87.6 cm³/mol. The molecule has 2 aromatic rings. The van der Waals surface area contributed by atoms with E-state index in [9.17, 15) is 4.79 Å². The van der Waals surface area contributed by atoms with E-state index in [1.807, 2.05) is 0 Å². The SMILES string of the molecule is C/C(=N/NC(=O)c1cccc(Cl)c1)c1ccc(Cl)c(Cl)c1. The largest absolute Gasteiger partial charge is 0.271 e. The zero-order chi connectivity index (χ0) is 15.4. The number of benzene rings is 2. The zero-order valence-electron chi connectivity index (χ0n) is 11.0. The standard InChI is InChI=1S/C15H11Cl3N2O/c1-9(10-5-6-13(17)14(18)8-10)19-20-15(21)11-3-2-4-12(16)7-11/h2-8H,1H3,(H,20,21)/b19-9-. The number of hydrazone groups is 1. The Balaban J connectivity index is 2.13. The van der Waals surface area contributed by atoms with Crippen molar-refractivity contribution < 1.29 is 4.79 Å². The van der Waals surface area contributed by atoms with Gasteiger partial charge in [0.05, 0.1) is 15.8 Å². The van der Waals surface area contributed by atoms with Crippen molar-refractivity contribution >= 4 is 46.4 Å². The number of nitrogens with one attached hydrogen (secondary N) is 1. The Kier molecular flexibility index (Phi) is 5.23. The van der Waals surface area contributed by atoms with Crippen LogP contribution in [-0.2, 0) is 0 Å². The molecule has 0 aliphatic rings. The summed E-state index contributed by atoms with van der Waals surface area (Å²) >= 11 is 17.6. The summed E-state index contributed by atoms with van der Waals surface area (Å²) in [6.45, 7) is 1.76. The first-order valence-corrected chi connectivity index (χ1v) is 7.16. The fraction of sp³-hybridized carbons (Fsp3) is 0.0667. The molecule has 3 nitrogen and oxygen atoms in total. The molecule has 108 valence electrons. The fourth-order valence-corrected chi connectivity index (χ4v) is 2.10. The van der Waals surface area contributed by atoms with Gasteiger partial charge >= 0.3 is 0 Å². The predicted octanol–water partition coefficient (Wildman–Crippen LogP) is 4.80. The minimum atomic E-state index is -0.336. The van der Waals surface area contributed by atoms with Gasteiger partial charge in [0.25, 0.3) is 5.91 Å². The van der Waals surface area contributed by atoms with Crippen LogP contribution < -0.4 is 5.43 Å². The summed E-state index contributed by atoms with van der Waals surface area (Å²) in [6.07, 6.45) is 0. The molecule has 2 aromatic carbocycles. The highest BCUT2D eigenvalue weighted by Gasteiger charge is 2.06. The first-order valence-electron chi connectivity index (χ1n) is 6.03. The zero-order valence-corrected chi connectivity index (χ0v) is 13.3. The van der Waals surface area contributed by atoms with Gasteiger partial charge < -0.3 is 0 Å². The Morgan fingerprint density at radius 2 is 1.76 bits per heavy atom. The summed E-state index contributed by atoms with van der Waals surface area (Å²) < 4.78 is 0. The minimum absolute atomic E-state index is 0.336. The normalized spacial score (nSPS) is 11.3. The maximum atomic E-state index is 11.9. The first-order chi connectivity index (χ1) is 9.97. The van der Waals surface area contributed by atoms with Crippen molar-refractivity contribution in [2.24, 2.45) is 5.10 Å². The van der Waals surface area contributed by atoms with Crippen LogP contribution in [0.4, 0.5) is 0 Å². The van der Waals surface area contributed by atoms with Crippen LogP contribution in [0.15, 0.2) is 47.6 Å². The average molecular weight is 342 g/mol. The van der Waals surface area contributed by atoms with Gasteiger partial charge in [-0.1, -0.05) is 46.9 Å². The van der Waals surface area contributed by atoms with Crippen molar-refractivity contribution in [3.8, 4) is 0 Å². The maximum Gasteiger partial charge on any atom is 0.271 e. The minimum Gasteiger partial charge on any atom is -0.267 e. The fourth-order valence-electron chi connectivity index (χ4n) is 1.61. The topological polar surface area (TPSA) is 41.5 Å². The van der Waals surface area contributed by atoms with Crippen molar-refractivity contribution in [3.63, 3.8) is 0 Å². The molecule has 0 fully saturated rings. The summed E-state index contributed by atoms with van der Waals surface area (Å²) in [7, 11) is 0. The van der Waals surface area contributed by atoms with E-state index < -0.39 is 0 Å². The molecule has 0 spiro atoms. The van der Waals surface area contributed by atoms with Gasteiger partial charge in [-0.15, -0.1) is 0 Å². The van der Waals surface area contributed by atoms with E-state index in [-0.39, 0.29) is 5.91 Å². The molecule has 0 unspecified atom stereocenters. The monoisotopic (exact) mass is 340 g/mol. The molecular formula is C15H11Cl3N2O. The highest BCUT2D eigenvalue weighted by atomic mass is 35.5. The Labute approximate surface area is 137 Å². The summed E-state index contributed by atoms with van der Waals surface area (Å²) in [5, 5.41) is 5.44. The second-order valence-electron chi connectivity index (χ2n) is 4.28. The lowest BCUT2D eigenvalue weighted by molar-refractivity contribution is 0.0955. The molecule has 1 N–H and O–H groups in total. The van der Waals surface area contributed by atoms with Crippen LogP contribution in [0.5, 0.6) is 0 Å². The van der Waals surface area contributed by atoms with E-state index in [2.05, 4.69) is 10.5 Å². The molecule has 21 heavy (non-hydrogen) atoms. The van der Waals surface area contributed by atoms with E-state index in [0.29, 0.717) is 26.3 Å². The van der Waals surface area contributed by atoms with Crippen molar-refractivity contribution in [1.29, 1.82) is 0 Å². The van der Waals surface area contributed by atoms with Gasteiger partial charge in [0.15, 0.2) is 0 Å². The molecule has 0 saturated carbocycles. The Morgan fingerprint density at radius 3 is 2.43 bits per heavy atom. The van der Waals surface area contributed by atoms with Crippen LogP contribution in [0.1, 0.15) is 22.8 Å². The third kappa shape index (κ3) is 4.21. The van der Waals surface area contributed by atoms with Crippen LogP contribution >= 0.6 is 34.8 Å². The molecule has 0 atom stereocenters. The highest BCUT2D eigenvalue weighted by Crippen LogP contribution is 2.22. The number of nitrogens with zero attached hydrogens (tertiary/aromatic N) is 1. The molecule has 0 aromatic heterocycles. The molecule has 1 amide bonds. The first kappa shape index (κ1) is 15.8. The Bertz CT molecular complexity index is 714. The lowest BCUT2D eigenvalue weighted by Gasteiger charge is -2.04. The van der Waals surface area contributed by atoms with Gasteiger partial charge in [0.1, 0.15) is 0 Å². The lowest BCUT2D eigenvalue weighted by Crippen LogP contribution is -2.19. The number of halogens is 3. The van der Waals surface area contributed by atoms with Crippen LogP contribution in [0, 0.1) is 0 Å². The van der Waals surface area contributed by atoms with E-state index in [4.69, 9.17) is 34.8 Å². The van der Waals surface area contributed by atoms with Gasteiger partial charge in [-0.25, -0.2) is 5.43 Å². The molecule has 6 heteroatoms. The molecule has 0 aliphatic heterocycles. The number of hydrogen-bond donors (Lipinski definition) is 1. The van der Waals surface area contributed by atoms with E-state index in [1.165, 1.54) is 0 Å². The maximum absolute atomic E-state index is 11.9. The summed E-state index contributed by atoms with van der Waals surface area (Å²) in [6, 6.07) is 11.8. The number of rotatable bonds is 3. The average Bonchev–Trinajstić information content (AvgIpc) is 2.47. The smallest absolute Gasteiger partial charge is 0.267 e. The molecular weight excluding hydrogens is 331 g/mol. The molecule has 0 radical (unpaired) electrons. The van der Waals surface area contributed by atoms with Crippen LogP contribution in [0.2, 0.25) is 15.1 Å². The van der Waals surface area contributed by atoms with Crippen LogP contribution in [-0.4, -0.2) is 11.6 Å². The van der Waals surface area contributed by atoms with Crippen molar-refractivity contribution in [1.82, 2.24) is 5.43 Å². The number of carbonyl (C=O) groups excluding carboxylic acids is 1. The third-order valence-electron chi connectivity index (χ3n) is 2.75. The van der Waals surface area contributed by atoms with E-state index in [0.717, 1.165) is 5.56 Å². The summed E-state index contributed by atoms with van der Waals surface area (Å²) in [5.74, 6) is -0.336. The summed E-state index contributed by atoms with van der Waals surface area (Å²) in [5.41, 5.74) is 4.30. The van der Waals surface area contributed by atoms with Gasteiger partial charge in [-0.3, -0.25) is 4.79 Å². The van der Waals surface area contributed by atoms with Crippen LogP contribution in [0.3, 0.4) is 0 Å². The molecule has 0 aliphatic carbocycles. The summed E-state index contributed by atoms with van der Waals surface area (Å²) in [4.78, 5) is 11.9. The number of carbonyl (C=O) groups is 1. The molecule has 0 bridgehead atoms. The molecule has 2 rings (SSSR count). The second kappa shape index (κ2) is 6.94. The van der Waals surface area contributed by atoms with Gasteiger partial charge in [-0.05, 0) is 42.8 Å². The molecule has 0 saturated heterocycles. The second-order valence-corrected chi connectivity index (χ2v) is 5.53. The number of hydrogen-bond acceptors (Lipinski definition) is 2. The Morgan fingerprint density at radius 1 is 1.00 bits per heavy atom. The van der Waals surface area contributed by atoms with E-state index in [1.54, 1.807) is 49.4 Å². The molecule has 0 heterocycles. The van der Waals surface area contributed by atoms with Gasteiger partial charge in [-0.2, -0.15) is 5.10 Å². The number of amides is 1. The Hall–Kier alpha value is -1.55. The van der Waals surface area contributed by atoms with Crippen LogP contribution in [0.25, 0.3) is 0 Å². The quantitative estimate of drug-likeness (QED) is 0.632. The van der Waals surface area contributed by atoms with Crippen molar-refractivity contribution in [2.75, 3.05) is 0 Å². The lowest BCUT2D eigenvalue weighted by atomic mass is 10.1.